The zero-order chi connectivity index (χ0) is 25.4. The van der Waals surface area contributed by atoms with Crippen LogP contribution in [0.2, 0.25) is 0 Å². The molecule has 2 aliphatic carbocycles. The fraction of sp³-hybridized carbons (Fsp3) is 0.429. The van der Waals surface area contributed by atoms with Crippen molar-refractivity contribution in [2.24, 2.45) is 13.0 Å². The first-order chi connectivity index (χ1) is 17.4. The number of nitriles is 2. The van der Waals surface area contributed by atoms with E-state index in [4.69, 9.17) is 0 Å². The smallest absolute Gasteiger partial charge is 0.270 e. The van der Waals surface area contributed by atoms with Crippen LogP contribution in [0.5, 0.6) is 0 Å². The van der Waals surface area contributed by atoms with Crippen LogP contribution >= 0.6 is 0 Å². The first-order valence-corrected chi connectivity index (χ1v) is 12.5. The highest BCUT2D eigenvalue weighted by Crippen LogP contribution is 2.37. The van der Waals surface area contributed by atoms with Gasteiger partial charge < -0.3 is 14.4 Å². The number of rotatable bonds is 6. The van der Waals surface area contributed by atoms with Crippen molar-refractivity contribution in [1.29, 1.82) is 10.5 Å². The lowest BCUT2D eigenvalue weighted by atomic mass is 9.88. The van der Waals surface area contributed by atoms with Crippen LogP contribution in [0, 0.1) is 34.4 Å². The van der Waals surface area contributed by atoms with Crippen LogP contribution in [0.25, 0.3) is 11.0 Å². The van der Waals surface area contributed by atoms with E-state index in [1.807, 2.05) is 18.0 Å². The summed E-state index contributed by atoms with van der Waals surface area (Å²) in [7, 11) is 3.53. The molecule has 36 heavy (non-hydrogen) atoms. The van der Waals surface area contributed by atoms with Crippen molar-refractivity contribution in [2.45, 2.75) is 50.6 Å². The van der Waals surface area contributed by atoms with Gasteiger partial charge in [-0.3, -0.25) is 4.79 Å². The van der Waals surface area contributed by atoms with E-state index in [0.29, 0.717) is 28.7 Å². The molecule has 0 spiro atoms. The largest absolute Gasteiger partial charge is 0.369 e. The second-order valence-corrected chi connectivity index (χ2v) is 10.0. The van der Waals surface area contributed by atoms with Gasteiger partial charge in [-0.1, -0.05) is 6.07 Å². The first-order valence-electron chi connectivity index (χ1n) is 12.5. The third-order valence-corrected chi connectivity index (χ3v) is 7.74. The molecule has 0 saturated heterocycles. The van der Waals surface area contributed by atoms with Crippen LogP contribution in [-0.2, 0) is 7.05 Å². The highest BCUT2D eigenvalue weighted by molar-refractivity contribution is 5.92. The SMILES string of the molecule is Cn1c(=O)c(C#N)c(N(C)[C@H]2CC[C@H](N(CC3CC3)c3cccc(F)c3)CC2)c2nc(C#N)ccc21. The van der Waals surface area contributed by atoms with Crippen molar-refractivity contribution >= 4 is 22.4 Å². The minimum absolute atomic E-state index is 0.0485. The number of benzene rings is 1. The Morgan fingerprint density at radius 1 is 1.06 bits per heavy atom. The minimum Gasteiger partial charge on any atom is -0.369 e. The monoisotopic (exact) mass is 484 g/mol. The summed E-state index contributed by atoms with van der Waals surface area (Å²) in [6.45, 7) is 0.952. The van der Waals surface area contributed by atoms with Crippen LogP contribution in [0.15, 0.2) is 41.2 Å². The summed E-state index contributed by atoms with van der Waals surface area (Å²) in [5, 5.41) is 19.3. The van der Waals surface area contributed by atoms with E-state index in [-0.39, 0.29) is 28.7 Å². The predicted molar refractivity (Wildman–Crippen MR) is 137 cm³/mol. The normalized spacial score (nSPS) is 19.5. The molecule has 8 heteroatoms. The predicted octanol–water partition coefficient (Wildman–Crippen LogP) is 4.48. The standard InChI is InChI=1S/C28H29FN6O/c1-33(27-24(16-31)28(36)34(2)25-13-8-20(15-30)32-26(25)27)21-9-11-22(12-10-21)35(17-18-6-7-18)23-5-3-4-19(29)14-23/h3-5,8,13-14,18,21-22H,6-7,9-12,17H2,1-2H3/t21-,22-. The molecule has 2 saturated carbocycles. The first kappa shape index (κ1) is 23.8. The lowest BCUT2D eigenvalue weighted by molar-refractivity contribution is 0.365. The zero-order valence-corrected chi connectivity index (χ0v) is 20.6. The van der Waals surface area contributed by atoms with Gasteiger partial charge in [0.15, 0.2) is 0 Å². The van der Waals surface area contributed by atoms with Crippen LogP contribution < -0.4 is 15.4 Å². The molecule has 0 N–H and O–H groups in total. The van der Waals surface area contributed by atoms with E-state index < -0.39 is 0 Å². The van der Waals surface area contributed by atoms with Gasteiger partial charge in [0, 0.05) is 38.4 Å². The number of hydrogen-bond donors (Lipinski definition) is 0. The average Bonchev–Trinajstić information content (AvgIpc) is 3.73. The van der Waals surface area contributed by atoms with E-state index in [1.165, 1.54) is 23.5 Å². The molecule has 5 rings (SSSR count). The molecule has 0 aliphatic heterocycles. The third kappa shape index (κ3) is 4.40. The van der Waals surface area contributed by atoms with Gasteiger partial charge in [0.2, 0.25) is 0 Å². The number of hydrogen-bond acceptors (Lipinski definition) is 6. The number of aromatic nitrogens is 2. The summed E-state index contributed by atoms with van der Waals surface area (Å²) in [6.07, 6.45) is 6.07. The maximum atomic E-state index is 14.0. The molecule has 0 radical (unpaired) electrons. The number of pyridine rings is 2. The molecular formula is C28H29FN6O. The molecule has 0 unspecified atom stereocenters. The molecule has 2 aromatic heterocycles. The number of anilines is 2. The fourth-order valence-corrected chi connectivity index (χ4v) is 5.54. The summed E-state index contributed by atoms with van der Waals surface area (Å²) in [5.74, 6) is 0.465. The number of halogens is 1. The molecule has 0 bridgehead atoms. The van der Waals surface area contributed by atoms with Gasteiger partial charge in [-0.15, -0.1) is 0 Å². The van der Waals surface area contributed by atoms with Gasteiger partial charge >= 0.3 is 0 Å². The molecule has 2 aliphatic rings. The molecule has 3 aromatic rings. The Kier molecular flexibility index (Phi) is 6.36. The molecule has 7 nitrogen and oxygen atoms in total. The van der Waals surface area contributed by atoms with Gasteiger partial charge in [0.05, 0.1) is 11.2 Å². The van der Waals surface area contributed by atoms with Crippen molar-refractivity contribution in [3.05, 3.63) is 63.8 Å². The van der Waals surface area contributed by atoms with E-state index in [1.54, 1.807) is 31.3 Å². The Morgan fingerprint density at radius 3 is 2.42 bits per heavy atom. The molecule has 0 atom stereocenters. The second-order valence-electron chi connectivity index (χ2n) is 10.0. The van der Waals surface area contributed by atoms with Crippen molar-refractivity contribution in [3.8, 4) is 12.1 Å². The van der Waals surface area contributed by atoms with E-state index in [9.17, 15) is 19.7 Å². The maximum absolute atomic E-state index is 14.0. The van der Waals surface area contributed by atoms with Gasteiger partial charge in [0.25, 0.3) is 5.56 Å². The Labute approximate surface area is 210 Å². The molecular weight excluding hydrogens is 455 g/mol. The van der Waals surface area contributed by atoms with Gasteiger partial charge in [-0.05, 0) is 74.8 Å². The topological polar surface area (TPSA) is 88.9 Å². The third-order valence-electron chi connectivity index (χ3n) is 7.74. The van der Waals surface area contributed by atoms with Gasteiger partial charge in [0.1, 0.15) is 34.7 Å². The zero-order valence-electron chi connectivity index (χ0n) is 20.6. The van der Waals surface area contributed by atoms with Crippen molar-refractivity contribution in [3.63, 3.8) is 0 Å². The van der Waals surface area contributed by atoms with E-state index in [2.05, 4.69) is 22.0 Å². The van der Waals surface area contributed by atoms with Crippen molar-refractivity contribution < 1.29 is 4.39 Å². The lowest BCUT2D eigenvalue weighted by Gasteiger charge is -2.41. The lowest BCUT2D eigenvalue weighted by Crippen LogP contribution is -2.44. The molecule has 1 aromatic carbocycles. The van der Waals surface area contributed by atoms with Crippen LogP contribution in [0.1, 0.15) is 49.8 Å². The van der Waals surface area contributed by atoms with Crippen LogP contribution in [-0.4, -0.2) is 35.2 Å². The van der Waals surface area contributed by atoms with Crippen LogP contribution in [0.4, 0.5) is 15.8 Å². The highest BCUT2D eigenvalue weighted by Gasteiger charge is 2.33. The Bertz CT molecular complexity index is 1440. The maximum Gasteiger partial charge on any atom is 0.270 e. The van der Waals surface area contributed by atoms with Gasteiger partial charge in [-0.2, -0.15) is 10.5 Å². The number of aryl methyl sites for hydroxylation is 1. The van der Waals surface area contributed by atoms with Crippen molar-refractivity contribution in [2.75, 3.05) is 23.4 Å². The Hall–Kier alpha value is -3.91. The Morgan fingerprint density at radius 2 is 1.78 bits per heavy atom. The minimum atomic E-state index is -0.367. The Balaban J connectivity index is 1.43. The summed E-state index contributed by atoms with van der Waals surface area (Å²) >= 11 is 0. The van der Waals surface area contributed by atoms with E-state index >= 15 is 0 Å². The van der Waals surface area contributed by atoms with E-state index in [0.717, 1.165) is 37.9 Å². The molecule has 184 valence electrons. The quantitative estimate of drug-likeness (QED) is 0.513. The molecule has 2 fully saturated rings. The molecule has 2 heterocycles. The highest BCUT2D eigenvalue weighted by atomic mass is 19.1. The average molecular weight is 485 g/mol. The summed E-state index contributed by atoms with van der Waals surface area (Å²) in [4.78, 5) is 21.9. The van der Waals surface area contributed by atoms with Crippen molar-refractivity contribution in [1.82, 2.24) is 9.55 Å². The molecule has 0 amide bonds. The number of fused-ring (bicyclic) bond motifs is 1. The van der Waals surface area contributed by atoms with Gasteiger partial charge in [-0.25, -0.2) is 9.37 Å². The summed E-state index contributed by atoms with van der Waals surface area (Å²) in [6, 6.07) is 14.8. The second kappa shape index (κ2) is 9.62. The van der Waals surface area contributed by atoms with Crippen LogP contribution in [0.3, 0.4) is 0 Å². The fourth-order valence-electron chi connectivity index (χ4n) is 5.54. The number of nitrogens with zero attached hydrogens (tertiary/aromatic N) is 6. The summed E-state index contributed by atoms with van der Waals surface area (Å²) < 4.78 is 15.4. The summed E-state index contributed by atoms with van der Waals surface area (Å²) in [5.41, 5.74) is 2.45.